The van der Waals surface area contributed by atoms with E-state index in [1.807, 2.05) is 25.1 Å². The van der Waals surface area contributed by atoms with Crippen molar-refractivity contribution in [3.05, 3.63) is 23.8 Å². The highest BCUT2D eigenvalue weighted by Gasteiger charge is 2.14. The smallest absolute Gasteiger partial charge is 0.231 e. The molecule has 0 amide bonds. The fourth-order valence-corrected chi connectivity index (χ4v) is 1.33. The number of fused-ring (bicyclic) bond motifs is 1. The number of aliphatic hydroxyl groups excluding tert-OH is 1. The molecule has 1 atom stereocenters. The highest BCUT2D eigenvalue weighted by atomic mass is 16.7. The molecule has 0 bridgehead atoms. The molecule has 1 heterocycles. The normalized spacial score (nSPS) is 15.8. The van der Waals surface area contributed by atoms with Crippen molar-refractivity contribution in [1.82, 2.24) is 0 Å². The van der Waals surface area contributed by atoms with E-state index in [1.165, 1.54) is 0 Å². The van der Waals surface area contributed by atoms with E-state index >= 15 is 0 Å². The molecule has 13 heavy (non-hydrogen) atoms. The van der Waals surface area contributed by atoms with Gasteiger partial charge in [0.05, 0.1) is 0 Å². The molecule has 0 saturated heterocycles. The summed E-state index contributed by atoms with van der Waals surface area (Å²) >= 11 is 0. The van der Waals surface area contributed by atoms with E-state index in [1.54, 1.807) is 0 Å². The van der Waals surface area contributed by atoms with Crippen molar-refractivity contribution >= 4 is 0 Å². The monoisotopic (exact) mass is 180 g/mol. The Labute approximate surface area is 76.9 Å². The minimum Gasteiger partial charge on any atom is -0.454 e. The van der Waals surface area contributed by atoms with Crippen LogP contribution in [0.1, 0.15) is 18.4 Å². The van der Waals surface area contributed by atoms with Crippen molar-refractivity contribution in [3.63, 3.8) is 0 Å². The summed E-state index contributed by atoms with van der Waals surface area (Å²) in [5, 5.41) is 8.96. The van der Waals surface area contributed by atoms with Gasteiger partial charge in [-0.3, -0.25) is 0 Å². The molecule has 0 aromatic heterocycles. The van der Waals surface area contributed by atoms with Crippen molar-refractivity contribution in [1.29, 1.82) is 0 Å². The van der Waals surface area contributed by atoms with Crippen LogP contribution in [0.5, 0.6) is 11.5 Å². The molecule has 0 aliphatic carbocycles. The summed E-state index contributed by atoms with van der Waals surface area (Å²) < 4.78 is 10.4. The highest BCUT2D eigenvalue weighted by Crippen LogP contribution is 2.34. The number of hydrogen-bond donors (Lipinski definition) is 1. The van der Waals surface area contributed by atoms with Crippen molar-refractivity contribution in [2.75, 3.05) is 13.4 Å². The molecule has 1 aromatic rings. The molecule has 0 spiro atoms. The van der Waals surface area contributed by atoms with Crippen LogP contribution in [0.15, 0.2) is 18.2 Å². The first-order valence-electron chi connectivity index (χ1n) is 4.31. The Kier molecular flexibility index (Phi) is 2.10. The van der Waals surface area contributed by atoms with E-state index in [9.17, 15) is 0 Å². The molecule has 3 nitrogen and oxygen atoms in total. The first kappa shape index (κ1) is 8.38. The summed E-state index contributed by atoms with van der Waals surface area (Å²) in [4.78, 5) is 0. The molecular formula is C10H12O3. The fourth-order valence-electron chi connectivity index (χ4n) is 1.33. The lowest BCUT2D eigenvalue weighted by Crippen LogP contribution is -1.98. The van der Waals surface area contributed by atoms with E-state index in [4.69, 9.17) is 14.6 Å². The van der Waals surface area contributed by atoms with Crippen LogP contribution < -0.4 is 9.47 Å². The van der Waals surface area contributed by atoms with Gasteiger partial charge in [-0.05, 0) is 17.7 Å². The third-order valence-electron chi connectivity index (χ3n) is 2.24. The number of rotatable bonds is 2. The largest absolute Gasteiger partial charge is 0.454 e. The van der Waals surface area contributed by atoms with Gasteiger partial charge in [-0.15, -0.1) is 0 Å². The van der Waals surface area contributed by atoms with Gasteiger partial charge in [-0.2, -0.15) is 0 Å². The van der Waals surface area contributed by atoms with E-state index in [-0.39, 0.29) is 12.5 Å². The quantitative estimate of drug-likeness (QED) is 0.749. The van der Waals surface area contributed by atoms with Gasteiger partial charge < -0.3 is 14.6 Å². The van der Waals surface area contributed by atoms with Gasteiger partial charge in [0.2, 0.25) is 6.79 Å². The minimum absolute atomic E-state index is 0.148. The van der Waals surface area contributed by atoms with Crippen LogP contribution in [-0.2, 0) is 0 Å². The SMILES string of the molecule is C[C@@H](CO)c1ccc2c(c1)OCO2. The lowest BCUT2D eigenvalue weighted by Gasteiger charge is -2.08. The summed E-state index contributed by atoms with van der Waals surface area (Å²) in [6.07, 6.45) is 0. The molecular weight excluding hydrogens is 168 g/mol. The number of hydrogen-bond acceptors (Lipinski definition) is 3. The minimum atomic E-state index is 0.148. The second-order valence-corrected chi connectivity index (χ2v) is 3.20. The van der Waals surface area contributed by atoms with Gasteiger partial charge in [-0.1, -0.05) is 13.0 Å². The second kappa shape index (κ2) is 3.26. The zero-order chi connectivity index (χ0) is 9.26. The Morgan fingerprint density at radius 1 is 1.38 bits per heavy atom. The van der Waals surface area contributed by atoms with Crippen LogP contribution >= 0.6 is 0 Å². The topological polar surface area (TPSA) is 38.7 Å². The van der Waals surface area contributed by atoms with Crippen LogP contribution in [0, 0.1) is 0 Å². The lowest BCUT2D eigenvalue weighted by molar-refractivity contribution is 0.174. The predicted octanol–water partition coefficient (Wildman–Crippen LogP) is 1.51. The van der Waals surface area contributed by atoms with Crippen LogP contribution in [-0.4, -0.2) is 18.5 Å². The van der Waals surface area contributed by atoms with Crippen molar-refractivity contribution in [3.8, 4) is 11.5 Å². The first-order chi connectivity index (χ1) is 6.31. The summed E-state index contributed by atoms with van der Waals surface area (Å²) in [7, 11) is 0. The molecule has 1 N–H and O–H groups in total. The maximum absolute atomic E-state index is 8.96. The Morgan fingerprint density at radius 2 is 2.15 bits per heavy atom. The van der Waals surface area contributed by atoms with Gasteiger partial charge in [-0.25, -0.2) is 0 Å². The fraction of sp³-hybridized carbons (Fsp3) is 0.400. The number of benzene rings is 1. The zero-order valence-corrected chi connectivity index (χ0v) is 7.49. The molecule has 1 aliphatic heterocycles. The van der Waals surface area contributed by atoms with Crippen molar-refractivity contribution in [2.45, 2.75) is 12.8 Å². The third-order valence-corrected chi connectivity index (χ3v) is 2.24. The van der Waals surface area contributed by atoms with E-state index < -0.39 is 0 Å². The van der Waals surface area contributed by atoms with E-state index in [0.29, 0.717) is 6.79 Å². The van der Waals surface area contributed by atoms with Crippen LogP contribution in [0.4, 0.5) is 0 Å². The lowest BCUT2D eigenvalue weighted by atomic mass is 10.0. The molecule has 0 saturated carbocycles. The van der Waals surface area contributed by atoms with Crippen molar-refractivity contribution < 1.29 is 14.6 Å². The Hall–Kier alpha value is -1.22. The summed E-state index contributed by atoms with van der Waals surface area (Å²) in [6, 6.07) is 5.75. The van der Waals surface area contributed by atoms with Gasteiger partial charge in [0.25, 0.3) is 0 Å². The highest BCUT2D eigenvalue weighted by molar-refractivity contribution is 5.45. The Bertz CT molecular complexity index is 309. The van der Waals surface area contributed by atoms with E-state index in [2.05, 4.69) is 0 Å². The maximum Gasteiger partial charge on any atom is 0.231 e. The molecule has 0 radical (unpaired) electrons. The van der Waals surface area contributed by atoms with Gasteiger partial charge in [0.15, 0.2) is 11.5 Å². The number of ether oxygens (including phenoxy) is 2. The molecule has 1 aliphatic rings. The van der Waals surface area contributed by atoms with Crippen molar-refractivity contribution in [2.24, 2.45) is 0 Å². The Morgan fingerprint density at radius 3 is 2.92 bits per heavy atom. The standard InChI is InChI=1S/C10H12O3/c1-7(5-11)8-2-3-9-10(4-8)13-6-12-9/h2-4,7,11H,5-6H2,1H3/t7-/m0/s1. The zero-order valence-electron chi connectivity index (χ0n) is 7.49. The average molecular weight is 180 g/mol. The van der Waals surface area contributed by atoms with E-state index in [0.717, 1.165) is 17.1 Å². The molecule has 3 heteroatoms. The average Bonchev–Trinajstić information content (AvgIpc) is 2.63. The summed E-state index contributed by atoms with van der Waals surface area (Å²) in [6.45, 7) is 2.42. The predicted molar refractivity (Wildman–Crippen MR) is 48.1 cm³/mol. The summed E-state index contributed by atoms with van der Waals surface area (Å²) in [5.74, 6) is 1.71. The molecule has 2 rings (SSSR count). The van der Waals surface area contributed by atoms with Crippen LogP contribution in [0.3, 0.4) is 0 Å². The second-order valence-electron chi connectivity index (χ2n) is 3.20. The third kappa shape index (κ3) is 1.47. The molecule has 0 unspecified atom stereocenters. The summed E-state index contributed by atoms with van der Waals surface area (Å²) in [5.41, 5.74) is 1.08. The Balaban J connectivity index is 2.30. The molecule has 1 aromatic carbocycles. The van der Waals surface area contributed by atoms with Crippen LogP contribution in [0.25, 0.3) is 0 Å². The maximum atomic E-state index is 8.96. The number of aliphatic hydroxyl groups is 1. The first-order valence-corrected chi connectivity index (χ1v) is 4.31. The molecule has 70 valence electrons. The molecule has 0 fully saturated rings. The van der Waals surface area contributed by atoms with Crippen LogP contribution in [0.2, 0.25) is 0 Å². The van der Waals surface area contributed by atoms with Gasteiger partial charge in [0, 0.05) is 12.5 Å². The van der Waals surface area contributed by atoms with Gasteiger partial charge in [0.1, 0.15) is 0 Å². The van der Waals surface area contributed by atoms with Gasteiger partial charge >= 0.3 is 0 Å².